The third-order valence-corrected chi connectivity index (χ3v) is 3.83. The molecule has 1 aromatic rings. The molecule has 0 aliphatic heterocycles. The van der Waals surface area contributed by atoms with Crippen molar-refractivity contribution in [2.24, 2.45) is 5.92 Å². The van der Waals surface area contributed by atoms with E-state index in [-0.39, 0.29) is 18.7 Å². The molecule has 2 nitrogen and oxygen atoms in total. The number of benzene rings is 1. The van der Waals surface area contributed by atoms with E-state index in [1.807, 2.05) is 0 Å². The van der Waals surface area contributed by atoms with Gasteiger partial charge in [0, 0.05) is 16.6 Å². The maximum atomic E-state index is 12.7. The number of nitrogens with one attached hydrogen (secondary N) is 1. The Balaban J connectivity index is 1.96. The third kappa shape index (κ3) is 3.88. The summed E-state index contributed by atoms with van der Waals surface area (Å²) in [6.07, 6.45) is -3.00. The highest BCUT2D eigenvalue weighted by Gasteiger charge is 2.42. The first-order chi connectivity index (χ1) is 9.36. The Labute approximate surface area is 120 Å². The van der Waals surface area contributed by atoms with Crippen LogP contribution in [0.5, 0.6) is 0 Å². The van der Waals surface area contributed by atoms with Crippen LogP contribution in [0.25, 0.3) is 0 Å². The van der Waals surface area contributed by atoms with Gasteiger partial charge in [0.15, 0.2) is 0 Å². The van der Waals surface area contributed by atoms with E-state index in [0.29, 0.717) is 23.4 Å². The molecule has 1 N–H and O–H groups in total. The lowest BCUT2D eigenvalue weighted by Gasteiger charge is -2.31. The van der Waals surface area contributed by atoms with Gasteiger partial charge in [-0.1, -0.05) is 18.0 Å². The zero-order valence-corrected chi connectivity index (χ0v) is 11.5. The second-order valence-corrected chi connectivity index (χ2v) is 5.52. The van der Waals surface area contributed by atoms with Gasteiger partial charge in [-0.05, 0) is 43.5 Å². The summed E-state index contributed by atoms with van der Waals surface area (Å²) < 4.78 is 38.1. The van der Waals surface area contributed by atoms with Crippen molar-refractivity contribution in [2.45, 2.75) is 37.9 Å². The minimum Gasteiger partial charge on any atom is -0.349 e. The molecule has 6 heteroatoms. The predicted octanol–water partition coefficient (Wildman–Crippen LogP) is 4.19. The number of carbonyl (C=O) groups is 1. The molecule has 1 amide bonds. The van der Waals surface area contributed by atoms with Crippen molar-refractivity contribution in [1.82, 2.24) is 5.32 Å². The number of amides is 1. The molecular weight excluding hydrogens is 291 g/mol. The van der Waals surface area contributed by atoms with E-state index < -0.39 is 18.1 Å². The largest absolute Gasteiger partial charge is 0.391 e. The van der Waals surface area contributed by atoms with E-state index in [2.05, 4.69) is 5.32 Å². The lowest BCUT2D eigenvalue weighted by molar-refractivity contribution is -0.183. The first-order valence-electron chi connectivity index (χ1n) is 6.49. The minimum atomic E-state index is -4.18. The average molecular weight is 306 g/mol. The lowest BCUT2D eigenvalue weighted by Crippen LogP contribution is -2.41. The van der Waals surface area contributed by atoms with Crippen LogP contribution in [0.3, 0.4) is 0 Å². The van der Waals surface area contributed by atoms with Gasteiger partial charge >= 0.3 is 6.18 Å². The van der Waals surface area contributed by atoms with E-state index >= 15 is 0 Å². The first kappa shape index (κ1) is 15.2. The van der Waals surface area contributed by atoms with Crippen LogP contribution in [-0.2, 0) is 0 Å². The molecule has 0 saturated heterocycles. The van der Waals surface area contributed by atoms with Crippen LogP contribution in [0.4, 0.5) is 13.2 Å². The lowest BCUT2D eigenvalue weighted by atomic mass is 9.85. The molecule has 110 valence electrons. The molecule has 2 rings (SSSR count). The summed E-state index contributed by atoms with van der Waals surface area (Å²) >= 11 is 5.72. The summed E-state index contributed by atoms with van der Waals surface area (Å²) in [5.74, 6) is -1.67. The molecule has 1 aliphatic rings. The Morgan fingerprint density at radius 2 is 1.85 bits per heavy atom. The van der Waals surface area contributed by atoms with Crippen LogP contribution in [0, 0.1) is 5.92 Å². The summed E-state index contributed by atoms with van der Waals surface area (Å²) in [7, 11) is 0. The van der Waals surface area contributed by atoms with Crippen molar-refractivity contribution >= 4 is 17.5 Å². The van der Waals surface area contributed by atoms with Gasteiger partial charge in [0.05, 0.1) is 5.92 Å². The van der Waals surface area contributed by atoms with E-state index in [1.54, 1.807) is 24.3 Å². The Morgan fingerprint density at radius 3 is 2.45 bits per heavy atom. The number of hydrogen-bond donors (Lipinski definition) is 1. The molecule has 0 aromatic heterocycles. The van der Waals surface area contributed by atoms with Crippen molar-refractivity contribution in [1.29, 1.82) is 0 Å². The van der Waals surface area contributed by atoms with Crippen LogP contribution in [-0.4, -0.2) is 18.1 Å². The monoisotopic (exact) mass is 305 g/mol. The topological polar surface area (TPSA) is 29.1 Å². The number of hydrogen-bond acceptors (Lipinski definition) is 1. The van der Waals surface area contributed by atoms with Crippen molar-refractivity contribution in [3.63, 3.8) is 0 Å². The van der Waals surface area contributed by atoms with Crippen LogP contribution in [0.1, 0.15) is 36.0 Å². The summed E-state index contributed by atoms with van der Waals surface area (Å²) in [6.45, 7) is 0. The molecule has 0 radical (unpaired) electrons. The summed E-state index contributed by atoms with van der Waals surface area (Å²) in [5.41, 5.74) is 0.406. The van der Waals surface area contributed by atoms with Crippen molar-refractivity contribution in [2.75, 3.05) is 0 Å². The van der Waals surface area contributed by atoms with E-state index in [0.717, 1.165) is 0 Å². The van der Waals surface area contributed by atoms with Crippen molar-refractivity contribution in [3.8, 4) is 0 Å². The van der Waals surface area contributed by atoms with Gasteiger partial charge in [-0.3, -0.25) is 4.79 Å². The molecule has 0 unspecified atom stereocenters. The summed E-state index contributed by atoms with van der Waals surface area (Å²) in [6, 6.07) is 5.85. The van der Waals surface area contributed by atoms with Gasteiger partial charge in [-0.2, -0.15) is 13.2 Å². The highest BCUT2D eigenvalue weighted by molar-refractivity contribution is 6.30. The van der Waals surface area contributed by atoms with E-state index in [4.69, 9.17) is 11.6 Å². The van der Waals surface area contributed by atoms with Crippen LogP contribution < -0.4 is 5.32 Å². The Morgan fingerprint density at radius 1 is 1.20 bits per heavy atom. The molecule has 1 aromatic carbocycles. The number of carbonyl (C=O) groups excluding carboxylic acids is 1. The highest BCUT2D eigenvalue weighted by Crippen LogP contribution is 2.37. The predicted molar refractivity (Wildman–Crippen MR) is 70.7 cm³/mol. The SMILES string of the molecule is O=C(N[C@@H]1CCC[C@H](C(F)(F)F)C1)c1ccc(Cl)cc1. The van der Waals surface area contributed by atoms with Crippen LogP contribution in [0.15, 0.2) is 24.3 Å². The van der Waals surface area contributed by atoms with Gasteiger partial charge in [-0.15, -0.1) is 0 Å². The van der Waals surface area contributed by atoms with E-state index in [1.165, 1.54) is 0 Å². The second kappa shape index (κ2) is 6.04. The molecular formula is C14H15ClF3NO. The molecule has 1 aliphatic carbocycles. The van der Waals surface area contributed by atoms with E-state index in [9.17, 15) is 18.0 Å². The average Bonchev–Trinajstić information content (AvgIpc) is 2.38. The zero-order chi connectivity index (χ0) is 14.8. The summed E-state index contributed by atoms with van der Waals surface area (Å²) in [5, 5.41) is 3.19. The Hall–Kier alpha value is -1.23. The molecule has 0 heterocycles. The smallest absolute Gasteiger partial charge is 0.349 e. The Kier molecular flexibility index (Phi) is 4.58. The van der Waals surface area contributed by atoms with Crippen molar-refractivity contribution in [3.05, 3.63) is 34.9 Å². The van der Waals surface area contributed by atoms with Crippen LogP contribution >= 0.6 is 11.6 Å². The molecule has 0 bridgehead atoms. The highest BCUT2D eigenvalue weighted by atomic mass is 35.5. The molecule has 2 atom stereocenters. The third-order valence-electron chi connectivity index (χ3n) is 3.58. The molecule has 0 spiro atoms. The zero-order valence-electron chi connectivity index (χ0n) is 10.7. The maximum Gasteiger partial charge on any atom is 0.391 e. The van der Waals surface area contributed by atoms with Crippen LogP contribution in [0.2, 0.25) is 5.02 Å². The van der Waals surface area contributed by atoms with Gasteiger partial charge < -0.3 is 5.32 Å². The quantitative estimate of drug-likeness (QED) is 0.872. The number of rotatable bonds is 2. The molecule has 1 fully saturated rings. The van der Waals surface area contributed by atoms with Crippen molar-refractivity contribution < 1.29 is 18.0 Å². The van der Waals surface area contributed by atoms with Gasteiger partial charge in [-0.25, -0.2) is 0 Å². The number of alkyl halides is 3. The van der Waals surface area contributed by atoms with Gasteiger partial charge in [0.2, 0.25) is 0 Å². The first-order valence-corrected chi connectivity index (χ1v) is 6.87. The maximum absolute atomic E-state index is 12.7. The standard InChI is InChI=1S/C14H15ClF3NO/c15-11-6-4-9(5-7-11)13(20)19-12-3-1-2-10(8-12)14(16,17)18/h4-7,10,12H,1-3,8H2,(H,19,20)/t10-,12+/m0/s1. The number of halogens is 4. The fourth-order valence-electron chi connectivity index (χ4n) is 2.49. The Bertz CT molecular complexity index is 472. The minimum absolute atomic E-state index is 0.0389. The fraction of sp³-hybridized carbons (Fsp3) is 0.500. The van der Waals surface area contributed by atoms with Gasteiger partial charge in [0.1, 0.15) is 0 Å². The summed E-state index contributed by atoms with van der Waals surface area (Å²) in [4.78, 5) is 11.9. The molecule has 1 saturated carbocycles. The van der Waals surface area contributed by atoms with Gasteiger partial charge in [0.25, 0.3) is 5.91 Å². The second-order valence-electron chi connectivity index (χ2n) is 5.08. The molecule has 20 heavy (non-hydrogen) atoms. The fourth-order valence-corrected chi connectivity index (χ4v) is 2.61. The normalized spacial score (nSPS) is 23.4.